The van der Waals surface area contributed by atoms with Gasteiger partial charge in [0.2, 0.25) is 0 Å². The van der Waals surface area contributed by atoms with E-state index in [0.717, 1.165) is 6.42 Å². The van der Waals surface area contributed by atoms with Crippen LogP contribution in [0.15, 0.2) is 29.6 Å². The molecule has 2 aromatic rings. The van der Waals surface area contributed by atoms with Gasteiger partial charge in [0.15, 0.2) is 0 Å². The molecule has 0 unspecified atom stereocenters. The van der Waals surface area contributed by atoms with E-state index in [1.165, 1.54) is 28.5 Å². The topological polar surface area (TPSA) is 26.0 Å². The van der Waals surface area contributed by atoms with E-state index in [1.54, 1.807) is 11.3 Å². The van der Waals surface area contributed by atoms with Crippen LogP contribution < -0.4 is 5.73 Å². The van der Waals surface area contributed by atoms with E-state index in [1.807, 2.05) is 0 Å². The summed E-state index contributed by atoms with van der Waals surface area (Å²) in [4.78, 5) is 0. The second-order valence-electron chi connectivity index (χ2n) is 3.94. The van der Waals surface area contributed by atoms with E-state index < -0.39 is 0 Å². The summed E-state index contributed by atoms with van der Waals surface area (Å²) in [7, 11) is 0. The van der Waals surface area contributed by atoms with E-state index >= 15 is 0 Å². The number of nitrogens with two attached hydrogens (primary N) is 1. The van der Waals surface area contributed by atoms with Gasteiger partial charge in [0, 0.05) is 10.7 Å². The summed E-state index contributed by atoms with van der Waals surface area (Å²) in [6.07, 6.45) is 3.53. The molecule has 0 fully saturated rings. The van der Waals surface area contributed by atoms with Crippen LogP contribution in [0, 0.1) is 0 Å². The molecule has 1 atom stereocenters. The molecule has 1 heterocycles. The van der Waals surface area contributed by atoms with Crippen LogP contribution in [0.3, 0.4) is 0 Å². The zero-order chi connectivity index (χ0) is 10.7. The number of rotatable bonds is 4. The summed E-state index contributed by atoms with van der Waals surface area (Å²) in [6.45, 7) is 2.21. The van der Waals surface area contributed by atoms with E-state index in [2.05, 4.69) is 36.6 Å². The lowest BCUT2D eigenvalue weighted by Gasteiger charge is -2.09. The summed E-state index contributed by atoms with van der Waals surface area (Å²) in [5.41, 5.74) is 7.52. The highest BCUT2D eigenvalue weighted by Gasteiger charge is 2.10. The molecular formula is C13H17NS. The van der Waals surface area contributed by atoms with Crippen LogP contribution in [-0.4, -0.2) is 0 Å². The molecule has 0 saturated carbocycles. The molecule has 0 aliphatic carbocycles. The van der Waals surface area contributed by atoms with Crippen molar-refractivity contribution in [3.8, 4) is 0 Å². The Balaban J connectivity index is 2.27. The van der Waals surface area contributed by atoms with Gasteiger partial charge in [-0.1, -0.05) is 38.0 Å². The second kappa shape index (κ2) is 4.77. The zero-order valence-electron chi connectivity index (χ0n) is 9.07. The smallest absolute Gasteiger partial charge is 0.0346 e. The van der Waals surface area contributed by atoms with E-state index in [9.17, 15) is 0 Å². The summed E-state index contributed by atoms with van der Waals surface area (Å²) in [5.74, 6) is 0. The Kier molecular flexibility index (Phi) is 3.39. The molecule has 0 amide bonds. The van der Waals surface area contributed by atoms with Crippen LogP contribution in [0.25, 0.3) is 10.1 Å². The first-order valence-electron chi connectivity index (χ1n) is 5.54. The number of thiophene rings is 1. The van der Waals surface area contributed by atoms with Crippen LogP contribution >= 0.6 is 11.3 Å². The van der Waals surface area contributed by atoms with E-state index in [4.69, 9.17) is 5.73 Å². The molecule has 0 bridgehead atoms. The third-order valence-electron chi connectivity index (χ3n) is 2.78. The fourth-order valence-electron chi connectivity index (χ4n) is 1.87. The molecule has 0 aliphatic heterocycles. The Labute approximate surface area is 94.9 Å². The molecule has 2 rings (SSSR count). The zero-order valence-corrected chi connectivity index (χ0v) is 9.89. The molecule has 80 valence electrons. The number of fused-ring (bicyclic) bond motifs is 1. The molecule has 2 heteroatoms. The SMILES string of the molecule is CCCC[C@@H](N)c1csc2ccccc12. The third-order valence-corrected chi connectivity index (χ3v) is 3.76. The fraction of sp³-hybridized carbons (Fsp3) is 0.385. The lowest BCUT2D eigenvalue weighted by atomic mass is 10.0. The summed E-state index contributed by atoms with van der Waals surface area (Å²) in [6, 6.07) is 8.72. The van der Waals surface area contributed by atoms with Gasteiger partial charge < -0.3 is 5.73 Å². The lowest BCUT2D eigenvalue weighted by molar-refractivity contribution is 0.608. The number of hydrogen-bond acceptors (Lipinski definition) is 2. The first-order chi connectivity index (χ1) is 7.33. The van der Waals surface area contributed by atoms with Crippen molar-refractivity contribution < 1.29 is 0 Å². The molecule has 15 heavy (non-hydrogen) atoms. The predicted octanol–water partition coefficient (Wildman–Crippen LogP) is 4.09. The van der Waals surface area contributed by atoms with Gasteiger partial charge >= 0.3 is 0 Å². The summed E-state index contributed by atoms with van der Waals surface area (Å²) < 4.78 is 1.35. The maximum absolute atomic E-state index is 6.20. The van der Waals surface area contributed by atoms with E-state index in [-0.39, 0.29) is 6.04 Å². The van der Waals surface area contributed by atoms with Crippen molar-refractivity contribution in [2.45, 2.75) is 32.2 Å². The van der Waals surface area contributed by atoms with Crippen molar-refractivity contribution in [2.75, 3.05) is 0 Å². The highest BCUT2D eigenvalue weighted by atomic mass is 32.1. The molecule has 0 aliphatic rings. The Morgan fingerprint density at radius 2 is 2.13 bits per heavy atom. The molecule has 1 nitrogen and oxygen atoms in total. The van der Waals surface area contributed by atoms with E-state index in [0.29, 0.717) is 0 Å². The maximum Gasteiger partial charge on any atom is 0.0346 e. The maximum atomic E-state index is 6.20. The normalized spacial score (nSPS) is 13.2. The molecular weight excluding hydrogens is 202 g/mol. The van der Waals surface area contributed by atoms with Crippen molar-refractivity contribution in [1.29, 1.82) is 0 Å². The Hall–Kier alpha value is -0.860. The molecule has 0 saturated heterocycles. The monoisotopic (exact) mass is 219 g/mol. The largest absolute Gasteiger partial charge is 0.324 e. The minimum Gasteiger partial charge on any atom is -0.324 e. The van der Waals surface area contributed by atoms with Gasteiger partial charge in [-0.3, -0.25) is 0 Å². The van der Waals surface area contributed by atoms with Gasteiger partial charge in [-0.25, -0.2) is 0 Å². The van der Waals surface area contributed by atoms with Gasteiger partial charge in [-0.2, -0.15) is 0 Å². The second-order valence-corrected chi connectivity index (χ2v) is 4.85. The minimum atomic E-state index is 0.209. The van der Waals surface area contributed by atoms with Crippen molar-refractivity contribution in [3.05, 3.63) is 35.2 Å². The average Bonchev–Trinajstić information content (AvgIpc) is 2.69. The number of benzene rings is 1. The van der Waals surface area contributed by atoms with Crippen LogP contribution in [0.2, 0.25) is 0 Å². The van der Waals surface area contributed by atoms with Gasteiger partial charge in [0.1, 0.15) is 0 Å². The first kappa shape index (κ1) is 10.7. The third kappa shape index (κ3) is 2.21. The molecule has 2 N–H and O–H groups in total. The van der Waals surface area contributed by atoms with Crippen molar-refractivity contribution in [1.82, 2.24) is 0 Å². The van der Waals surface area contributed by atoms with Crippen molar-refractivity contribution in [3.63, 3.8) is 0 Å². The molecule has 0 spiro atoms. The molecule has 1 aromatic carbocycles. The fourth-order valence-corrected chi connectivity index (χ4v) is 2.89. The predicted molar refractivity (Wildman–Crippen MR) is 68.3 cm³/mol. The quantitative estimate of drug-likeness (QED) is 0.823. The lowest BCUT2D eigenvalue weighted by Crippen LogP contribution is -2.09. The molecule has 1 aromatic heterocycles. The number of unbranched alkanes of at least 4 members (excludes halogenated alkanes) is 1. The summed E-state index contributed by atoms with van der Waals surface area (Å²) in [5, 5.41) is 3.55. The Morgan fingerprint density at radius 1 is 1.33 bits per heavy atom. The van der Waals surface area contributed by atoms with Crippen LogP contribution in [0.1, 0.15) is 37.8 Å². The van der Waals surface area contributed by atoms with Gasteiger partial charge in [-0.15, -0.1) is 11.3 Å². The van der Waals surface area contributed by atoms with Crippen LogP contribution in [0.5, 0.6) is 0 Å². The van der Waals surface area contributed by atoms with Gasteiger partial charge in [0.05, 0.1) is 0 Å². The number of hydrogen-bond donors (Lipinski definition) is 1. The summed E-state index contributed by atoms with van der Waals surface area (Å²) >= 11 is 1.80. The van der Waals surface area contributed by atoms with Crippen LogP contribution in [0.4, 0.5) is 0 Å². The minimum absolute atomic E-state index is 0.209. The van der Waals surface area contributed by atoms with Gasteiger partial charge in [0.25, 0.3) is 0 Å². The Morgan fingerprint density at radius 3 is 2.93 bits per heavy atom. The Bertz CT molecular complexity index is 433. The highest BCUT2D eigenvalue weighted by molar-refractivity contribution is 7.17. The molecule has 0 radical (unpaired) electrons. The first-order valence-corrected chi connectivity index (χ1v) is 6.42. The van der Waals surface area contributed by atoms with Crippen LogP contribution in [-0.2, 0) is 0 Å². The standard InChI is InChI=1S/C13H17NS/c1-2-3-7-12(14)11-9-15-13-8-5-4-6-10(11)13/h4-6,8-9,12H,2-3,7,14H2,1H3/t12-/m1/s1. The van der Waals surface area contributed by atoms with Crippen molar-refractivity contribution in [2.24, 2.45) is 5.73 Å². The van der Waals surface area contributed by atoms with Gasteiger partial charge in [-0.05, 0) is 28.8 Å². The van der Waals surface area contributed by atoms with Crippen molar-refractivity contribution >= 4 is 21.4 Å². The highest BCUT2D eigenvalue weighted by Crippen LogP contribution is 2.30. The average molecular weight is 219 g/mol.